The van der Waals surface area contributed by atoms with Crippen LogP contribution in [0.25, 0.3) is 5.69 Å². The van der Waals surface area contributed by atoms with Gasteiger partial charge >= 0.3 is 0 Å². The number of hydrogen-bond donors (Lipinski definition) is 2. The van der Waals surface area contributed by atoms with Crippen molar-refractivity contribution < 1.29 is 9.59 Å². The van der Waals surface area contributed by atoms with E-state index >= 15 is 0 Å². The van der Waals surface area contributed by atoms with E-state index in [4.69, 9.17) is 23.2 Å². The minimum absolute atomic E-state index is 0.0830. The van der Waals surface area contributed by atoms with Crippen LogP contribution in [0.2, 0.25) is 10.0 Å². The third-order valence-electron chi connectivity index (χ3n) is 4.49. The second kappa shape index (κ2) is 9.63. The Labute approximate surface area is 182 Å². The Morgan fingerprint density at radius 3 is 2.34 bits per heavy atom. The van der Waals surface area contributed by atoms with Crippen LogP contribution in [0.5, 0.6) is 0 Å². The monoisotopic (exact) mass is 438 g/mol. The molecule has 2 amide bonds. The maximum atomic E-state index is 12.5. The van der Waals surface area contributed by atoms with E-state index in [1.54, 1.807) is 22.9 Å². The molecule has 0 aliphatic heterocycles. The molecule has 0 saturated carbocycles. The SMILES string of the molecule is CCC(C)NC(=O)CCC(=O)Nc1cc(C(C)(C)C)nn1-c1ccc(Cl)c(Cl)c1. The van der Waals surface area contributed by atoms with Crippen LogP contribution in [0.1, 0.15) is 59.6 Å². The number of rotatable bonds is 7. The molecular weight excluding hydrogens is 411 g/mol. The predicted octanol–water partition coefficient (Wildman–Crippen LogP) is 5.11. The van der Waals surface area contributed by atoms with Gasteiger partial charge in [0, 0.05) is 30.4 Å². The fourth-order valence-corrected chi connectivity index (χ4v) is 2.82. The number of amides is 2. The molecule has 1 aromatic heterocycles. The molecule has 29 heavy (non-hydrogen) atoms. The van der Waals surface area contributed by atoms with Gasteiger partial charge in [-0.1, -0.05) is 50.9 Å². The summed E-state index contributed by atoms with van der Waals surface area (Å²) < 4.78 is 1.62. The smallest absolute Gasteiger partial charge is 0.226 e. The molecule has 6 nitrogen and oxygen atoms in total. The van der Waals surface area contributed by atoms with Crippen molar-refractivity contribution >= 4 is 40.8 Å². The number of hydrogen-bond acceptors (Lipinski definition) is 3. The highest BCUT2D eigenvalue weighted by Crippen LogP contribution is 2.29. The molecule has 2 aromatic rings. The minimum atomic E-state index is -0.258. The van der Waals surface area contributed by atoms with E-state index in [0.717, 1.165) is 12.1 Å². The topological polar surface area (TPSA) is 76.0 Å². The van der Waals surface area contributed by atoms with Gasteiger partial charge in [-0.3, -0.25) is 9.59 Å². The number of nitrogens with one attached hydrogen (secondary N) is 2. The average molecular weight is 439 g/mol. The Bertz CT molecular complexity index is 887. The van der Waals surface area contributed by atoms with Crippen LogP contribution in [0.15, 0.2) is 24.3 Å². The fourth-order valence-electron chi connectivity index (χ4n) is 2.53. The summed E-state index contributed by atoms with van der Waals surface area (Å²) in [5.74, 6) is 0.120. The van der Waals surface area contributed by atoms with Crippen LogP contribution in [0.3, 0.4) is 0 Å². The van der Waals surface area contributed by atoms with Crippen LogP contribution in [-0.2, 0) is 15.0 Å². The summed E-state index contributed by atoms with van der Waals surface area (Å²) >= 11 is 12.2. The third kappa shape index (κ3) is 6.47. The van der Waals surface area contributed by atoms with Crippen molar-refractivity contribution in [3.63, 3.8) is 0 Å². The molecule has 1 heterocycles. The number of halogens is 2. The molecule has 0 bridgehead atoms. The van der Waals surface area contributed by atoms with Crippen molar-refractivity contribution in [3.05, 3.63) is 40.0 Å². The predicted molar refractivity (Wildman–Crippen MR) is 118 cm³/mol. The zero-order chi connectivity index (χ0) is 21.8. The summed E-state index contributed by atoms with van der Waals surface area (Å²) in [6, 6.07) is 7.08. The van der Waals surface area contributed by atoms with Crippen LogP contribution in [0, 0.1) is 0 Å². The average Bonchev–Trinajstić information content (AvgIpc) is 3.06. The van der Waals surface area contributed by atoms with E-state index in [0.29, 0.717) is 21.6 Å². The standard InChI is InChI=1S/C21H28Cl2N4O2/c1-6-13(2)24-19(28)9-10-20(29)25-18-12-17(21(3,4)5)26-27(18)14-7-8-15(22)16(23)11-14/h7-8,11-13H,6,9-10H2,1-5H3,(H,24,28)(H,25,29). The van der Waals surface area contributed by atoms with Crippen LogP contribution < -0.4 is 10.6 Å². The van der Waals surface area contributed by atoms with Crippen molar-refractivity contribution in [2.24, 2.45) is 0 Å². The number of aromatic nitrogens is 2. The molecule has 0 spiro atoms. The highest BCUT2D eigenvalue weighted by atomic mass is 35.5. The first kappa shape index (κ1) is 23.2. The van der Waals surface area contributed by atoms with Gasteiger partial charge in [-0.25, -0.2) is 4.68 Å². The molecule has 1 atom stereocenters. The summed E-state index contributed by atoms with van der Waals surface area (Å²) in [6.07, 6.45) is 1.05. The molecule has 158 valence electrons. The van der Waals surface area contributed by atoms with Crippen molar-refractivity contribution in [2.45, 2.75) is 65.3 Å². The molecule has 0 aliphatic carbocycles. The van der Waals surface area contributed by atoms with Crippen molar-refractivity contribution in [1.82, 2.24) is 15.1 Å². The van der Waals surface area contributed by atoms with Gasteiger partial charge in [0.1, 0.15) is 5.82 Å². The lowest BCUT2D eigenvalue weighted by molar-refractivity contribution is -0.124. The zero-order valence-electron chi connectivity index (χ0n) is 17.5. The summed E-state index contributed by atoms with van der Waals surface area (Å²) in [6.45, 7) is 10.1. The highest BCUT2D eigenvalue weighted by Gasteiger charge is 2.22. The summed E-state index contributed by atoms with van der Waals surface area (Å²) in [5.41, 5.74) is 1.28. The molecule has 8 heteroatoms. The van der Waals surface area contributed by atoms with E-state index < -0.39 is 0 Å². The zero-order valence-corrected chi connectivity index (χ0v) is 19.0. The van der Waals surface area contributed by atoms with Gasteiger partial charge in [0.25, 0.3) is 0 Å². The van der Waals surface area contributed by atoms with Gasteiger partial charge in [-0.05, 0) is 31.5 Å². The number of carbonyl (C=O) groups excluding carboxylic acids is 2. The van der Waals surface area contributed by atoms with Gasteiger partial charge in [-0.2, -0.15) is 5.10 Å². The van der Waals surface area contributed by atoms with Gasteiger partial charge in [0.15, 0.2) is 0 Å². The van der Waals surface area contributed by atoms with E-state index in [-0.39, 0.29) is 36.1 Å². The quantitative estimate of drug-likeness (QED) is 0.630. The number of anilines is 1. The molecule has 0 saturated heterocycles. The molecule has 2 rings (SSSR count). The van der Waals surface area contributed by atoms with E-state index in [1.807, 2.05) is 40.7 Å². The maximum absolute atomic E-state index is 12.5. The van der Waals surface area contributed by atoms with Gasteiger partial charge in [0.05, 0.1) is 21.4 Å². The molecule has 0 aliphatic rings. The lowest BCUT2D eigenvalue weighted by Crippen LogP contribution is -2.32. The fraction of sp³-hybridized carbons (Fsp3) is 0.476. The second-order valence-corrected chi connectivity index (χ2v) is 8.91. The van der Waals surface area contributed by atoms with Crippen LogP contribution in [0.4, 0.5) is 5.82 Å². The highest BCUT2D eigenvalue weighted by molar-refractivity contribution is 6.42. The molecular formula is C21H28Cl2N4O2. The van der Waals surface area contributed by atoms with E-state index in [9.17, 15) is 9.59 Å². The lowest BCUT2D eigenvalue weighted by Gasteiger charge is -2.14. The van der Waals surface area contributed by atoms with Crippen molar-refractivity contribution in [2.75, 3.05) is 5.32 Å². The number of benzene rings is 1. The molecule has 0 fully saturated rings. The number of nitrogens with zero attached hydrogens (tertiary/aromatic N) is 2. The molecule has 0 radical (unpaired) electrons. The van der Waals surface area contributed by atoms with Crippen molar-refractivity contribution in [1.29, 1.82) is 0 Å². The van der Waals surface area contributed by atoms with Gasteiger partial charge in [0.2, 0.25) is 11.8 Å². The van der Waals surface area contributed by atoms with Crippen molar-refractivity contribution in [3.8, 4) is 5.69 Å². The first-order valence-electron chi connectivity index (χ1n) is 9.66. The first-order valence-corrected chi connectivity index (χ1v) is 10.4. The summed E-state index contributed by atoms with van der Waals surface area (Å²) in [5, 5.41) is 11.2. The minimum Gasteiger partial charge on any atom is -0.354 e. The van der Waals surface area contributed by atoms with Crippen LogP contribution >= 0.6 is 23.2 Å². The molecule has 1 unspecified atom stereocenters. The van der Waals surface area contributed by atoms with Gasteiger partial charge in [-0.15, -0.1) is 0 Å². The summed E-state index contributed by atoms with van der Waals surface area (Å²) in [7, 11) is 0. The van der Waals surface area contributed by atoms with Crippen LogP contribution in [-0.4, -0.2) is 27.6 Å². The normalized spacial score (nSPS) is 12.5. The Kier molecular flexibility index (Phi) is 7.72. The lowest BCUT2D eigenvalue weighted by atomic mass is 9.92. The molecule has 2 N–H and O–H groups in total. The van der Waals surface area contributed by atoms with E-state index in [2.05, 4.69) is 15.7 Å². The third-order valence-corrected chi connectivity index (χ3v) is 5.23. The molecule has 1 aromatic carbocycles. The largest absolute Gasteiger partial charge is 0.354 e. The maximum Gasteiger partial charge on any atom is 0.226 e. The Balaban J connectivity index is 2.20. The Hall–Kier alpha value is -2.05. The first-order chi connectivity index (χ1) is 13.5. The Morgan fingerprint density at radius 1 is 1.10 bits per heavy atom. The second-order valence-electron chi connectivity index (χ2n) is 8.10. The van der Waals surface area contributed by atoms with E-state index in [1.165, 1.54) is 0 Å². The Morgan fingerprint density at radius 2 is 1.76 bits per heavy atom. The van der Waals surface area contributed by atoms with Gasteiger partial charge < -0.3 is 10.6 Å². The number of carbonyl (C=O) groups is 2. The summed E-state index contributed by atoms with van der Waals surface area (Å²) in [4.78, 5) is 24.4.